The monoisotopic (exact) mass is 532 g/mol. The second-order valence-corrected chi connectivity index (χ2v) is 10.6. The molecule has 0 radical (unpaired) electrons. The SMILES string of the molecule is CC(C)(C)c1ccsc1O.CC(C)(C)c1ccsc1O.[C-]1=CC=CC1.[C-]1=CC=CC1.[Zr+2]. The fourth-order valence-corrected chi connectivity index (χ4v) is 4.09. The molecule has 2 nitrogen and oxygen atoms in total. The van der Waals surface area contributed by atoms with Crippen LogP contribution in [0.3, 0.4) is 0 Å². The number of allylic oxidation sites excluding steroid dienone is 8. The van der Waals surface area contributed by atoms with E-state index in [2.05, 4.69) is 65.8 Å². The molecule has 0 saturated heterocycles. The van der Waals surface area contributed by atoms with Crippen molar-refractivity contribution in [1.82, 2.24) is 0 Å². The first-order chi connectivity index (χ1) is 14.0. The van der Waals surface area contributed by atoms with Gasteiger partial charge in [-0.3, -0.25) is 12.2 Å². The average molecular weight is 534 g/mol. The molecular weight excluding hydrogens is 500 g/mol. The number of thiophene rings is 2. The molecular formula is C26H34O2S2Zr. The fraction of sp³-hybridized carbons (Fsp3) is 0.385. The number of aromatic hydroxyl groups is 2. The smallest absolute Gasteiger partial charge is 0.499 e. The molecule has 2 heterocycles. The molecule has 166 valence electrons. The van der Waals surface area contributed by atoms with E-state index in [0.29, 0.717) is 10.1 Å². The summed E-state index contributed by atoms with van der Waals surface area (Å²) in [5.41, 5.74) is 2.23. The molecule has 2 aromatic rings. The van der Waals surface area contributed by atoms with Crippen LogP contribution in [0.4, 0.5) is 0 Å². The first kappa shape index (κ1) is 29.8. The summed E-state index contributed by atoms with van der Waals surface area (Å²) in [5, 5.41) is 23.3. The van der Waals surface area contributed by atoms with Gasteiger partial charge in [0, 0.05) is 11.1 Å². The summed E-state index contributed by atoms with van der Waals surface area (Å²) in [6.45, 7) is 12.6. The largest absolute Gasteiger partial charge is 2.00 e. The van der Waals surface area contributed by atoms with Crippen LogP contribution in [-0.2, 0) is 37.0 Å². The quantitative estimate of drug-likeness (QED) is 0.336. The van der Waals surface area contributed by atoms with Gasteiger partial charge in [-0.05, 0) is 33.7 Å². The van der Waals surface area contributed by atoms with Crippen molar-refractivity contribution in [2.45, 2.75) is 65.2 Å². The predicted octanol–water partition coefficient (Wildman–Crippen LogP) is 8.11. The molecule has 0 saturated carbocycles. The first-order valence-electron chi connectivity index (χ1n) is 10.0. The summed E-state index contributed by atoms with van der Waals surface area (Å²) >= 11 is 2.77. The second-order valence-electron chi connectivity index (χ2n) is 8.78. The molecule has 0 bridgehead atoms. The normalized spacial score (nSPS) is 13.4. The van der Waals surface area contributed by atoms with Gasteiger partial charge in [-0.15, -0.1) is 35.5 Å². The Hall–Kier alpha value is -1.16. The molecule has 0 aromatic carbocycles. The summed E-state index contributed by atoms with van der Waals surface area (Å²) in [6, 6.07) is 3.94. The van der Waals surface area contributed by atoms with Crippen molar-refractivity contribution in [3.8, 4) is 10.1 Å². The minimum Gasteiger partial charge on any atom is -0.499 e. The van der Waals surface area contributed by atoms with Crippen molar-refractivity contribution < 1.29 is 36.4 Å². The van der Waals surface area contributed by atoms with Gasteiger partial charge in [-0.2, -0.15) is 12.2 Å². The maximum atomic E-state index is 9.30. The van der Waals surface area contributed by atoms with Crippen LogP contribution < -0.4 is 0 Å². The van der Waals surface area contributed by atoms with Crippen LogP contribution in [0.15, 0.2) is 59.3 Å². The van der Waals surface area contributed by atoms with Crippen LogP contribution in [0.25, 0.3) is 0 Å². The van der Waals surface area contributed by atoms with Crippen LogP contribution in [0.1, 0.15) is 65.5 Å². The van der Waals surface area contributed by atoms with Gasteiger partial charge < -0.3 is 10.2 Å². The van der Waals surface area contributed by atoms with E-state index in [9.17, 15) is 10.2 Å². The molecule has 2 aliphatic rings. The summed E-state index contributed by atoms with van der Waals surface area (Å²) in [6.07, 6.45) is 20.0. The van der Waals surface area contributed by atoms with Crippen LogP contribution in [0.2, 0.25) is 0 Å². The number of hydrogen-bond acceptors (Lipinski definition) is 4. The van der Waals surface area contributed by atoms with E-state index in [1.165, 1.54) is 22.7 Å². The molecule has 2 N–H and O–H groups in total. The molecule has 0 fully saturated rings. The fourth-order valence-electron chi connectivity index (χ4n) is 2.42. The van der Waals surface area contributed by atoms with E-state index in [4.69, 9.17) is 0 Å². The third-order valence-electron chi connectivity index (χ3n) is 4.08. The van der Waals surface area contributed by atoms with Crippen molar-refractivity contribution >= 4 is 22.7 Å². The van der Waals surface area contributed by atoms with Crippen LogP contribution in [-0.4, -0.2) is 10.2 Å². The van der Waals surface area contributed by atoms with E-state index < -0.39 is 0 Å². The second kappa shape index (κ2) is 14.8. The zero-order valence-electron chi connectivity index (χ0n) is 19.4. The van der Waals surface area contributed by atoms with E-state index in [1.54, 1.807) is 0 Å². The number of hydrogen-bond donors (Lipinski definition) is 2. The zero-order valence-corrected chi connectivity index (χ0v) is 23.5. The molecule has 2 aliphatic carbocycles. The maximum absolute atomic E-state index is 9.30. The third-order valence-corrected chi connectivity index (χ3v) is 5.51. The van der Waals surface area contributed by atoms with Crippen molar-refractivity contribution in [1.29, 1.82) is 0 Å². The molecule has 0 aliphatic heterocycles. The molecule has 4 rings (SSSR count). The standard InChI is InChI=1S/2C8H12OS.2C5H5.Zr/c2*1-8(2,3)6-4-5-10-7(6)9;2*1-2-4-5-3-1;/h2*4-5,9H,1-3H3;2*1-3H,4H2;/q;;2*-1;+2. The molecule has 0 spiro atoms. The predicted molar refractivity (Wildman–Crippen MR) is 133 cm³/mol. The molecule has 31 heavy (non-hydrogen) atoms. The summed E-state index contributed by atoms with van der Waals surface area (Å²) < 4.78 is 0. The Morgan fingerprint density at radius 1 is 0.710 bits per heavy atom. The Morgan fingerprint density at radius 3 is 1.16 bits per heavy atom. The minimum absolute atomic E-state index is 0. The molecule has 5 heteroatoms. The Morgan fingerprint density at radius 2 is 1.06 bits per heavy atom. The van der Waals surface area contributed by atoms with Gasteiger partial charge in [0.1, 0.15) is 0 Å². The van der Waals surface area contributed by atoms with Crippen LogP contribution in [0, 0.1) is 12.2 Å². The number of rotatable bonds is 0. The van der Waals surface area contributed by atoms with Crippen LogP contribution in [0.5, 0.6) is 10.1 Å². The van der Waals surface area contributed by atoms with Crippen molar-refractivity contribution in [2.75, 3.05) is 0 Å². The summed E-state index contributed by atoms with van der Waals surface area (Å²) in [7, 11) is 0. The van der Waals surface area contributed by atoms with Gasteiger partial charge in [0.2, 0.25) is 0 Å². The van der Waals surface area contributed by atoms with E-state index >= 15 is 0 Å². The molecule has 0 atom stereocenters. The zero-order chi connectivity index (χ0) is 22.6. The Labute approximate surface area is 215 Å². The topological polar surface area (TPSA) is 40.5 Å². The summed E-state index contributed by atoms with van der Waals surface area (Å²) in [5.74, 6) is 0. The molecule has 0 amide bonds. The van der Waals surface area contributed by atoms with Gasteiger partial charge in [-0.1, -0.05) is 41.5 Å². The Bertz CT molecular complexity index is 764. The Kier molecular flexibility index (Phi) is 14.3. The summed E-state index contributed by atoms with van der Waals surface area (Å²) in [4.78, 5) is 0. The average Bonchev–Trinajstić information content (AvgIpc) is 3.43. The van der Waals surface area contributed by atoms with Crippen molar-refractivity contribution in [3.05, 3.63) is 82.6 Å². The van der Waals surface area contributed by atoms with E-state index in [1.807, 2.05) is 47.2 Å². The van der Waals surface area contributed by atoms with Gasteiger partial charge in [0.15, 0.2) is 10.1 Å². The molecule has 0 unspecified atom stereocenters. The first-order valence-corrected chi connectivity index (χ1v) is 11.8. The van der Waals surface area contributed by atoms with E-state index in [-0.39, 0.29) is 37.0 Å². The van der Waals surface area contributed by atoms with Gasteiger partial charge in [0.05, 0.1) is 0 Å². The van der Waals surface area contributed by atoms with E-state index in [0.717, 1.165) is 24.0 Å². The third kappa shape index (κ3) is 12.5. The minimum atomic E-state index is 0. The van der Waals surface area contributed by atoms with Crippen molar-refractivity contribution in [2.24, 2.45) is 0 Å². The Balaban J connectivity index is 0.000000401. The molecule has 2 aromatic heterocycles. The van der Waals surface area contributed by atoms with Gasteiger partial charge in [0.25, 0.3) is 0 Å². The van der Waals surface area contributed by atoms with Crippen LogP contribution >= 0.6 is 22.7 Å². The maximum Gasteiger partial charge on any atom is 2.00 e. The van der Waals surface area contributed by atoms with Crippen molar-refractivity contribution in [3.63, 3.8) is 0 Å². The van der Waals surface area contributed by atoms with Gasteiger partial charge in [-0.25, -0.2) is 24.3 Å². The van der Waals surface area contributed by atoms with Gasteiger partial charge >= 0.3 is 26.2 Å².